The molecule has 0 saturated carbocycles. The largest absolute Gasteiger partial charge is 0.344 e. The van der Waals surface area contributed by atoms with Crippen LogP contribution < -0.4 is 6.15 Å². The van der Waals surface area contributed by atoms with Crippen molar-refractivity contribution in [2.24, 2.45) is 0 Å². The smallest absolute Gasteiger partial charge is 0.150 e. The van der Waals surface area contributed by atoms with Gasteiger partial charge in [-0.15, -0.1) is 0 Å². The molecule has 3 N–H and O–H groups in total. The van der Waals surface area contributed by atoms with E-state index in [-0.39, 0.29) is 6.15 Å². The number of aryl methyl sites for hydroxylation is 1. The minimum Gasteiger partial charge on any atom is -0.344 e. The number of aldehydes is 1. The van der Waals surface area contributed by atoms with Crippen LogP contribution in [-0.2, 0) is 6.42 Å². The van der Waals surface area contributed by atoms with Crippen LogP contribution in [0.15, 0.2) is 24.3 Å². The molecule has 60 valence electrons. The molecule has 11 heavy (non-hydrogen) atoms. The molecule has 0 aromatic heterocycles. The lowest BCUT2D eigenvalue weighted by Gasteiger charge is -1.93. The van der Waals surface area contributed by atoms with E-state index in [0.29, 0.717) is 0 Å². The molecule has 0 saturated heterocycles. The summed E-state index contributed by atoms with van der Waals surface area (Å²) < 4.78 is 0. The summed E-state index contributed by atoms with van der Waals surface area (Å²) >= 11 is 0. The van der Waals surface area contributed by atoms with Crippen molar-refractivity contribution in [3.05, 3.63) is 35.4 Å². The Kier molecular flexibility index (Phi) is 4.15. The van der Waals surface area contributed by atoms with Crippen molar-refractivity contribution in [3.63, 3.8) is 0 Å². The summed E-state index contributed by atoms with van der Waals surface area (Å²) in [6.45, 7) is 2.09. The third-order valence-electron chi connectivity index (χ3n) is 1.52. The minimum atomic E-state index is 0. The molecule has 0 bridgehead atoms. The summed E-state index contributed by atoms with van der Waals surface area (Å²) in [7, 11) is 0. The Morgan fingerprint density at radius 3 is 2.18 bits per heavy atom. The van der Waals surface area contributed by atoms with Gasteiger partial charge in [-0.3, -0.25) is 4.79 Å². The number of hydrogen-bond acceptors (Lipinski definition) is 2. The molecule has 0 heterocycles. The lowest BCUT2D eigenvalue weighted by molar-refractivity contribution is 0.112. The van der Waals surface area contributed by atoms with Crippen LogP contribution in [0.25, 0.3) is 0 Å². The van der Waals surface area contributed by atoms with E-state index >= 15 is 0 Å². The molecule has 2 nitrogen and oxygen atoms in total. The average Bonchev–Trinajstić information content (AvgIpc) is 2.05. The van der Waals surface area contributed by atoms with Crippen molar-refractivity contribution in [2.45, 2.75) is 13.3 Å². The van der Waals surface area contributed by atoms with Gasteiger partial charge in [0.2, 0.25) is 0 Å². The van der Waals surface area contributed by atoms with Gasteiger partial charge < -0.3 is 6.15 Å². The number of hydrogen-bond donors (Lipinski definition) is 1. The SMILES string of the molecule is CCc1ccc(C=O)cc1.N. The van der Waals surface area contributed by atoms with E-state index in [2.05, 4.69) is 6.92 Å². The molecule has 0 radical (unpaired) electrons. The molecule has 0 atom stereocenters. The molecule has 1 aromatic carbocycles. The van der Waals surface area contributed by atoms with E-state index in [0.717, 1.165) is 18.3 Å². The lowest BCUT2D eigenvalue weighted by atomic mass is 10.1. The minimum absolute atomic E-state index is 0. The van der Waals surface area contributed by atoms with Crippen LogP contribution in [0.1, 0.15) is 22.8 Å². The van der Waals surface area contributed by atoms with E-state index in [1.165, 1.54) is 5.56 Å². The first-order valence-corrected chi connectivity index (χ1v) is 3.41. The Morgan fingerprint density at radius 2 is 1.82 bits per heavy atom. The first-order valence-electron chi connectivity index (χ1n) is 3.41. The molecule has 0 aliphatic carbocycles. The average molecular weight is 151 g/mol. The monoisotopic (exact) mass is 151 g/mol. The summed E-state index contributed by atoms with van der Waals surface area (Å²) in [5.41, 5.74) is 2.02. The van der Waals surface area contributed by atoms with Gasteiger partial charge in [-0.2, -0.15) is 0 Å². The molecule has 0 fully saturated rings. The zero-order valence-corrected chi connectivity index (χ0v) is 6.71. The molecule has 0 amide bonds. The summed E-state index contributed by atoms with van der Waals surface area (Å²) in [4.78, 5) is 10.2. The van der Waals surface area contributed by atoms with Gasteiger partial charge in [0.25, 0.3) is 0 Å². The van der Waals surface area contributed by atoms with Gasteiger partial charge in [-0.1, -0.05) is 31.2 Å². The molecular formula is C9H13NO. The number of carbonyl (C=O) groups is 1. The molecule has 0 spiro atoms. The maximum atomic E-state index is 10.2. The summed E-state index contributed by atoms with van der Waals surface area (Å²) in [5, 5.41) is 0. The predicted molar refractivity (Wildman–Crippen MR) is 46.2 cm³/mol. The van der Waals surface area contributed by atoms with Gasteiger partial charge >= 0.3 is 0 Å². The fourth-order valence-corrected chi connectivity index (χ4v) is 0.832. The van der Waals surface area contributed by atoms with Crippen molar-refractivity contribution < 1.29 is 4.79 Å². The second kappa shape index (κ2) is 4.63. The van der Waals surface area contributed by atoms with E-state index < -0.39 is 0 Å². The highest BCUT2D eigenvalue weighted by Crippen LogP contribution is 2.01. The van der Waals surface area contributed by atoms with Gasteiger partial charge in [-0.05, 0) is 12.0 Å². The molecule has 0 unspecified atom stereocenters. The second-order valence-electron chi connectivity index (χ2n) is 2.21. The van der Waals surface area contributed by atoms with E-state index in [1.54, 1.807) is 0 Å². The van der Waals surface area contributed by atoms with E-state index in [4.69, 9.17) is 0 Å². The van der Waals surface area contributed by atoms with Gasteiger partial charge in [0.05, 0.1) is 0 Å². The highest BCUT2D eigenvalue weighted by molar-refractivity contribution is 5.74. The Hall–Kier alpha value is -1.15. The maximum Gasteiger partial charge on any atom is 0.150 e. The topological polar surface area (TPSA) is 52.1 Å². The third kappa shape index (κ3) is 2.51. The third-order valence-corrected chi connectivity index (χ3v) is 1.52. The van der Waals surface area contributed by atoms with Crippen LogP contribution >= 0.6 is 0 Å². The van der Waals surface area contributed by atoms with Crippen molar-refractivity contribution in [3.8, 4) is 0 Å². The Labute approximate surface area is 66.8 Å². The molecule has 2 heteroatoms. The highest BCUT2D eigenvalue weighted by atomic mass is 16.1. The van der Waals surface area contributed by atoms with Gasteiger partial charge in [0.15, 0.2) is 0 Å². The second-order valence-corrected chi connectivity index (χ2v) is 2.21. The quantitative estimate of drug-likeness (QED) is 0.659. The van der Waals surface area contributed by atoms with Gasteiger partial charge in [-0.25, -0.2) is 0 Å². The Bertz CT molecular complexity index is 216. The van der Waals surface area contributed by atoms with Crippen molar-refractivity contribution in [1.82, 2.24) is 6.15 Å². The molecular weight excluding hydrogens is 138 g/mol. The van der Waals surface area contributed by atoms with E-state index in [1.807, 2.05) is 24.3 Å². The Balaban J connectivity index is 0.000001000. The van der Waals surface area contributed by atoms with Crippen LogP contribution in [0.4, 0.5) is 0 Å². The number of benzene rings is 1. The van der Waals surface area contributed by atoms with Crippen LogP contribution in [0, 0.1) is 0 Å². The molecule has 0 aliphatic heterocycles. The number of rotatable bonds is 2. The standard InChI is InChI=1S/C9H10O.H3N/c1-2-8-3-5-9(7-10)6-4-8;/h3-7H,2H2,1H3;1H3. The highest BCUT2D eigenvalue weighted by Gasteiger charge is 1.88. The summed E-state index contributed by atoms with van der Waals surface area (Å²) in [6.07, 6.45) is 1.89. The molecule has 1 aromatic rings. The lowest BCUT2D eigenvalue weighted by Crippen LogP contribution is -1.81. The number of carbonyl (C=O) groups excluding carboxylic acids is 1. The van der Waals surface area contributed by atoms with E-state index in [9.17, 15) is 4.79 Å². The van der Waals surface area contributed by atoms with Gasteiger partial charge in [0.1, 0.15) is 6.29 Å². The van der Waals surface area contributed by atoms with Crippen LogP contribution in [-0.4, -0.2) is 6.29 Å². The first kappa shape index (κ1) is 9.85. The zero-order valence-electron chi connectivity index (χ0n) is 6.71. The Morgan fingerprint density at radius 1 is 1.27 bits per heavy atom. The summed E-state index contributed by atoms with van der Waals surface area (Å²) in [5.74, 6) is 0. The molecule has 1 rings (SSSR count). The van der Waals surface area contributed by atoms with Crippen molar-refractivity contribution in [2.75, 3.05) is 0 Å². The van der Waals surface area contributed by atoms with Crippen molar-refractivity contribution in [1.29, 1.82) is 0 Å². The first-order chi connectivity index (χ1) is 4.86. The fourth-order valence-electron chi connectivity index (χ4n) is 0.832. The zero-order chi connectivity index (χ0) is 7.40. The predicted octanol–water partition coefficient (Wildman–Crippen LogP) is 2.22. The van der Waals surface area contributed by atoms with Crippen LogP contribution in [0.2, 0.25) is 0 Å². The van der Waals surface area contributed by atoms with Crippen LogP contribution in [0.3, 0.4) is 0 Å². The fraction of sp³-hybridized carbons (Fsp3) is 0.222. The summed E-state index contributed by atoms with van der Waals surface area (Å²) in [6, 6.07) is 7.63. The maximum absolute atomic E-state index is 10.2. The molecule has 0 aliphatic rings. The van der Waals surface area contributed by atoms with Gasteiger partial charge in [0, 0.05) is 5.56 Å². The van der Waals surface area contributed by atoms with Crippen LogP contribution in [0.5, 0.6) is 0 Å². The normalized spacial score (nSPS) is 8.45. The van der Waals surface area contributed by atoms with Crippen molar-refractivity contribution >= 4 is 6.29 Å².